The van der Waals surface area contributed by atoms with Gasteiger partial charge in [-0.15, -0.1) is 0 Å². The van der Waals surface area contributed by atoms with Gasteiger partial charge in [-0.25, -0.2) is 4.79 Å². The molecule has 0 heterocycles. The van der Waals surface area contributed by atoms with Crippen LogP contribution in [0.25, 0.3) is 0 Å². The molecule has 0 fully saturated rings. The number of hydrogen-bond acceptors (Lipinski definition) is 4. The second kappa shape index (κ2) is 7.06. The summed E-state index contributed by atoms with van der Waals surface area (Å²) in [4.78, 5) is 9.74. The fraction of sp³-hybridized carbons (Fsp3) is 0.875. The zero-order valence-corrected chi connectivity index (χ0v) is 7.70. The van der Waals surface area contributed by atoms with Crippen molar-refractivity contribution in [1.29, 1.82) is 0 Å². The molecule has 0 amide bonds. The van der Waals surface area contributed by atoms with Crippen LogP contribution in [0.3, 0.4) is 0 Å². The highest BCUT2D eigenvalue weighted by atomic mass is 16.8. The highest BCUT2D eigenvalue weighted by molar-refractivity contribution is 5.38. The lowest BCUT2D eigenvalue weighted by Crippen LogP contribution is -2.22. The van der Waals surface area contributed by atoms with E-state index >= 15 is 0 Å². The third-order valence-electron chi connectivity index (χ3n) is 1.15. The van der Waals surface area contributed by atoms with Gasteiger partial charge >= 0.3 is 6.47 Å². The third kappa shape index (κ3) is 6.12. The summed E-state index contributed by atoms with van der Waals surface area (Å²) < 4.78 is 14.6. The first kappa shape index (κ1) is 11.4. The molecular formula is C8H15O4. The Morgan fingerprint density at radius 3 is 2.50 bits per heavy atom. The summed E-state index contributed by atoms with van der Waals surface area (Å²) in [5.74, 6) is 0. The molecule has 0 aliphatic heterocycles. The fourth-order valence-electron chi connectivity index (χ4n) is 0.689. The minimum Gasteiger partial charge on any atom is -0.428 e. The van der Waals surface area contributed by atoms with E-state index < -0.39 is 6.29 Å². The first-order valence-corrected chi connectivity index (χ1v) is 4.00. The summed E-state index contributed by atoms with van der Waals surface area (Å²) >= 11 is 0. The molecule has 2 unspecified atom stereocenters. The molecule has 0 saturated heterocycles. The summed E-state index contributed by atoms with van der Waals surface area (Å²) in [7, 11) is 0. The standard InChI is InChI=1S/C8H15O4/c1-4-5-10-7(2)12-8(3)11-6-9/h7-8H,4-5H2,1-3H3. The predicted molar refractivity (Wildman–Crippen MR) is 43.0 cm³/mol. The largest absolute Gasteiger partial charge is 0.428 e. The zero-order valence-electron chi connectivity index (χ0n) is 7.70. The average Bonchev–Trinajstić information content (AvgIpc) is 2.01. The van der Waals surface area contributed by atoms with Crippen molar-refractivity contribution in [3.8, 4) is 0 Å². The van der Waals surface area contributed by atoms with Crippen molar-refractivity contribution in [3.63, 3.8) is 0 Å². The van der Waals surface area contributed by atoms with Crippen LogP contribution >= 0.6 is 0 Å². The lowest BCUT2D eigenvalue weighted by Gasteiger charge is -2.17. The van der Waals surface area contributed by atoms with E-state index in [9.17, 15) is 4.79 Å². The molecule has 0 aromatic carbocycles. The smallest absolute Gasteiger partial charge is 0.419 e. The molecule has 12 heavy (non-hydrogen) atoms. The van der Waals surface area contributed by atoms with E-state index in [2.05, 4.69) is 4.74 Å². The van der Waals surface area contributed by atoms with Gasteiger partial charge in [0, 0.05) is 6.61 Å². The van der Waals surface area contributed by atoms with E-state index in [1.165, 1.54) is 6.47 Å². The number of ether oxygens (including phenoxy) is 3. The van der Waals surface area contributed by atoms with Crippen LogP contribution < -0.4 is 0 Å². The second-order valence-electron chi connectivity index (χ2n) is 2.34. The Morgan fingerprint density at radius 2 is 2.00 bits per heavy atom. The molecule has 2 atom stereocenters. The van der Waals surface area contributed by atoms with Crippen molar-refractivity contribution < 1.29 is 19.0 Å². The van der Waals surface area contributed by atoms with Crippen molar-refractivity contribution >= 4 is 6.47 Å². The van der Waals surface area contributed by atoms with Gasteiger partial charge in [0.1, 0.15) is 0 Å². The first-order chi connectivity index (χ1) is 5.70. The summed E-state index contributed by atoms with van der Waals surface area (Å²) in [6.07, 6.45) is -0.0226. The van der Waals surface area contributed by atoms with Crippen LogP contribution in [0.2, 0.25) is 0 Å². The maximum absolute atomic E-state index is 9.74. The molecule has 4 nitrogen and oxygen atoms in total. The molecule has 0 aliphatic rings. The van der Waals surface area contributed by atoms with Crippen LogP contribution in [-0.4, -0.2) is 25.7 Å². The van der Waals surface area contributed by atoms with Gasteiger partial charge in [0.15, 0.2) is 6.29 Å². The summed E-state index contributed by atoms with van der Waals surface area (Å²) in [5.41, 5.74) is 0. The van der Waals surface area contributed by atoms with Gasteiger partial charge < -0.3 is 14.2 Å². The molecule has 0 aromatic heterocycles. The predicted octanol–water partition coefficient (Wildman–Crippen LogP) is 1.21. The van der Waals surface area contributed by atoms with Crippen molar-refractivity contribution in [2.24, 2.45) is 0 Å². The van der Waals surface area contributed by atoms with Crippen molar-refractivity contribution in [3.05, 3.63) is 0 Å². The average molecular weight is 175 g/mol. The Labute approximate surface area is 72.8 Å². The summed E-state index contributed by atoms with van der Waals surface area (Å²) in [5, 5.41) is 0. The topological polar surface area (TPSA) is 44.8 Å². The second-order valence-corrected chi connectivity index (χ2v) is 2.34. The van der Waals surface area contributed by atoms with E-state index in [0.29, 0.717) is 6.61 Å². The first-order valence-electron chi connectivity index (χ1n) is 4.00. The fourth-order valence-corrected chi connectivity index (χ4v) is 0.689. The molecule has 0 aromatic rings. The van der Waals surface area contributed by atoms with E-state index in [-0.39, 0.29) is 6.29 Å². The van der Waals surface area contributed by atoms with E-state index in [4.69, 9.17) is 9.47 Å². The SMILES string of the molecule is CCCOC(C)OC(C)O[C]=O. The van der Waals surface area contributed by atoms with Crippen LogP contribution in [-0.2, 0) is 19.0 Å². The van der Waals surface area contributed by atoms with Crippen LogP contribution in [0.15, 0.2) is 0 Å². The molecule has 0 bridgehead atoms. The molecule has 0 spiro atoms. The highest BCUT2D eigenvalue weighted by Gasteiger charge is 2.08. The lowest BCUT2D eigenvalue weighted by atomic mass is 10.5. The molecule has 1 radical (unpaired) electrons. The zero-order chi connectivity index (χ0) is 9.40. The Balaban J connectivity index is 3.39. The van der Waals surface area contributed by atoms with Gasteiger partial charge in [0.2, 0.25) is 6.29 Å². The third-order valence-corrected chi connectivity index (χ3v) is 1.15. The maximum atomic E-state index is 9.74. The number of hydrogen-bond donors (Lipinski definition) is 0. The number of carbonyl (C=O) groups excluding carboxylic acids is 1. The Kier molecular flexibility index (Phi) is 6.70. The maximum Gasteiger partial charge on any atom is 0.419 e. The van der Waals surface area contributed by atoms with Crippen molar-refractivity contribution in [1.82, 2.24) is 0 Å². The highest BCUT2D eigenvalue weighted by Crippen LogP contribution is 2.00. The van der Waals surface area contributed by atoms with Gasteiger partial charge in [-0.3, -0.25) is 0 Å². The molecule has 4 heteroatoms. The van der Waals surface area contributed by atoms with Gasteiger partial charge in [-0.1, -0.05) is 6.92 Å². The van der Waals surface area contributed by atoms with Crippen molar-refractivity contribution in [2.75, 3.05) is 6.61 Å². The minimum absolute atomic E-state index is 0.353. The van der Waals surface area contributed by atoms with Gasteiger partial charge in [-0.2, -0.15) is 0 Å². The molecule has 0 N–H and O–H groups in total. The van der Waals surface area contributed by atoms with E-state index in [1.54, 1.807) is 13.8 Å². The molecule has 0 rings (SSSR count). The molecular weight excluding hydrogens is 160 g/mol. The summed E-state index contributed by atoms with van der Waals surface area (Å²) in [6.45, 7) is 7.30. The van der Waals surface area contributed by atoms with Crippen LogP contribution in [0.4, 0.5) is 0 Å². The van der Waals surface area contributed by atoms with Crippen LogP contribution in [0.5, 0.6) is 0 Å². The van der Waals surface area contributed by atoms with Gasteiger partial charge in [-0.05, 0) is 20.3 Å². The number of rotatable bonds is 7. The Hall–Kier alpha value is -0.610. The molecule has 71 valence electrons. The normalized spacial score (nSPS) is 15.2. The summed E-state index contributed by atoms with van der Waals surface area (Å²) in [6, 6.07) is 0. The van der Waals surface area contributed by atoms with E-state index in [1.807, 2.05) is 6.92 Å². The lowest BCUT2D eigenvalue weighted by molar-refractivity contribution is -0.207. The molecule has 0 saturated carbocycles. The minimum atomic E-state index is -0.602. The van der Waals surface area contributed by atoms with Crippen LogP contribution in [0.1, 0.15) is 27.2 Å². The van der Waals surface area contributed by atoms with Gasteiger partial charge in [0.05, 0.1) is 0 Å². The van der Waals surface area contributed by atoms with E-state index in [0.717, 1.165) is 6.42 Å². The van der Waals surface area contributed by atoms with Crippen molar-refractivity contribution in [2.45, 2.75) is 39.8 Å². The quantitative estimate of drug-likeness (QED) is 0.545. The van der Waals surface area contributed by atoms with Crippen LogP contribution in [0, 0.1) is 0 Å². The van der Waals surface area contributed by atoms with Gasteiger partial charge in [0.25, 0.3) is 0 Å². The molecule has 0 aliphatic carbocycles. The Morgan fingerprint density at radius 1 is 1.33 bits per heavy atom. The Bertz CT molecular complexity index is 116. The monoisotopic (exact) mass is 175 g/mol.